The molecule has 3 heterocycles. The molecule has 0 spiro atoms. The summed E-state index contributed by atoms with van der Waals surface area (Å²) in [7, 11) is 0. The van der Waals surface area contributed by atoms with Crippen LogP contribution in [-0.2, 0) is 25.5 Å². The van der Waals surface area contributed by atoms with E-state index in [0.29, 0.717) is 17.6 Å². The van der Waals surface area contributed by atoms with Gasteiger partial charge in [-0.1, -0.05) is 135 Å². The zero-order valence-electron chi connectivity index (χ0n) is 32.4. The van der Waals surface area contributed by atoms with Gasteiger partial charge in [-0.2, -0.15) is 9.97 Å². The summed E-state index contributed by atoms with van der Waals surface area (Å²) in [5.41, 5.74) is 15.4. The molecule has 0 bridgehead atoms. The third kappa shape index (κ3) is 6.20. The molecule has 0 fully saturated rings. The maximum atomic E-state index is 5.23. The summed E-state index contributed by atoms with van der Waals surface area (Å²) in [6.07, 6.45) is 1.82. The Kier molecular flexibility index (Phi) is 8.97. The molecule has 0 N–H and O–H groups in total. The summed E-state index contributed by atoms with van der Waals surface area (Å²) >= 11 is 0. The van der Waals surface area contributed by atoms with Gasteiger partial charge in [0, 0.05) is 53.6 Å². The Morgan fingerprint density at radius 2 is 1.10 bits per heavy atom. The molecule has 0 atom stereocenters. The van der Waals surface area contributed by atoms with Crippen molar-refractivity contribution in [1.82, 2.24) is 24.5 Å². The van der Waals surface area contributed by atoms with E-state index in [1.54, 1.807) is 0 Å². The van der Waals surface area contributed by atoms with Crippen molar-refractivity contribution in [3.05, 3.63) is 199 Å². The van der Waals surface area contributed by atoms with Crippen molar-refractivity contribution in [2.75, 3.05) is 0 Å². The van der Waals surface area contributed by atoms with Crippen molar-refractivity contribution in [2.24, 2.45) is 0 Å². The van der Waals surface area contributed by atoms with Crippen LogP contribution in [0.15, 0.2) is 182 Å². The molecule has 59 heavy (non-hydrogen) atoms. The van der Waals surface area contributed by atoms with Crippen LogP contribution >= 0.6 is 0 Å². The number of fused-ring (bicyclic) bond motifs is 6. The summed E-state index contributed by atoms with van der Waals surface area (Å²) in [5.74, 6) is 1.85. The monoisotopic (exact) mass is 935 g/mol. The number of hydrogen-bond acceptors (Lipinski definition) is 4. The van der Waals surface area contributed by atoms with E-state index in [-0.39, 0.29) is 25.5 Å². The van der Waals surface area contributed by atoms with E-state index in [1.165, 1.54) is 22.3 Å². The molecule has 283 valence electrons. The first-order valence-corrected chi connectivity index (χ1v) is 19.6. The largest absolute Gasteiger partial charge is 0.305 e. The summed E-state index contributed by atoms with van der Waals surface area (Å²) < 4.78 is 2.24. The molecule has 1 radical (unpaired) electrons. The van der Waals surface area contributed by atoms with Gasteiger partial charge >= 0.3 is 0 Å². The number of nitrogens with zero attached hydrogens (tertiary/aromatic N) is 5. The average Bonchev–Trinajstić information content (AvgIpc) is 3.73. The Labute approximate surface area is 356 Å². The minimum atomic E-state index is -0.178. The van der Waals surface area contributed by atoms with Gasteiger partial charge in [-0.25, -0.2) is 4.98 Å². The number of hydrogen-bond donors (Lipinski definition) is 0. The fourth-order valence-electron chi connectivity index (χ4n) is 8.70. The Balaban J connectivity index is 0.00000420. The van der Waals surface area contributed by atoms with Gasteiger partial charge < -0.3 is 4.98 Å². The topological polar surface area (TPSA) is 56.5 Å². The Bertz CT molecular complexity index is 3130. The quantitative estimate of drug-likeness (QED) is 0.156. The Morgan fingerprint density at radius 1 is 0.475 bits per heavy atom. The van der Waals surface area contributed by atoms with E-state index < -0.39 is 0 Å². The molecule has 11 rings (SSSR count). The molecule has 0 aliphatic heterocycles. The molecule has 10 aromatic rings. The smallest absolute Gasteiger partial charge is 0.238 e. The van der Waals surface area contributed by atoms with Gasteiger partial charge in [-0.05, 0) is 81.0 Å². The summed E-state index contributed by atoms with van der Waals surface area (Å²) in [6, 6.07) is 65.1. The third-order valence-corrected chi connectivity index (χ3v) is 11.6. The van der Waals surface area contributed by atoms with Crippen LogP contribution in [0.25, 0.3) is 95.2 Å². The van der Waals surface area contributed by atoms with Crippen LogP contribution in [0.2, 0.25) is 0 Å². The first-order chi connectivity index (χ1) is 28.5. The van der Waals surface area contributed by atoms with E-state index in [2.05, 4.69) is 145 Å². The van der Waals surface area contributed by atoms with Crippen molar-refractivity contribution in [2.45, 2.75) is 19.3 Å². The number of benzene rings is 7. The molecule has 0 unspecified atom stereocenters. The molecule has 0 amide bonds. The van der Waals surface area contributed by atoms with Crippen molar-refractivity contribution < 1.29 is 20.1 Å². The van der Waals surface area contributed by atoms with Crippen LogP contribution in [0.4, 0.5) is 0 Å². The number of pyridine rings is 1. The minimum absolute atomic E-state index is 0. The van der Waals surface area contributed by atoms with Gasteiger partial charge in [0.2, 0.25) is 5.95 Å². The van der Waals surface area contributed by atoms with E-state index >= 15 is 0 Å². The second-order valence-electron chi connectivity index (χ2n) is 15.5. The summed E-state index contributed by atoms with van der Waals surface area (Å²) in [4.78, 5) is 20.0. The van der Waals surface area contributed by atoms with Gasteiger partial charge in [-0.3, -0.25) is 4.57 Å². The molecular formula is C53H36IrN5-. The molecule has 1 aliphatic carbocycles. The fraction of sp³-hybridized carbons (Fsp3) is 0.0566. The van der Waals surface area contributed by atoms with E-state index in [4.69, 9.17) is 15.0 Å². The maximum Gasteiger partial charge on any atom is 0.238 e. The standard InChI is InChI=1S/C53H36N5.Ir/c1-53(2)45-24-10-9-23-41(45)42-32-44-43-31-39(37-20-13-19-36(29-37)38-21-14-22-40(30-38)47-25-11-12-28-54-47)26-27-48(43)58(49(44)33-46(42)53)52-56-50(34-15-5-3-6-16-34)55-51(57-52)35-17-7-4-8-18-35;/h3-21,23-33H,1-2H3;/q-1;. The molecule has 0 saturated carbocycles. The second-order valence-corrected chi connectivity index (χ2v) is 15.5. The zero-order chi connectivity index (χ0) is 38.8. The van der Waals surface area contributed by atoms with Crippen LogP contribution in [0.5, 0.6) is 0 Å². The van der Waals surface area contributed by atoms with Crippen LogP contribution in [-0.4, -0.2) is 24.5 Å². The van der Waals surface area contributed by atoms with E-state index in [9.17, 15) is 0 Å². The van der Waals surface area contributed by atoms with Crippen molar-refractivity contribution in [1.29, 1.82) is 0 Å². The van der Waals surface area contributed by atoms with Crippen LogP contribution in [0.3, 0.4) is 0 Å². The molecule has 7 aromatic carbocycles. The van der Waals surface area contributed by atoms with Crippen molar-refractivity contribution >= 4 is 21.8 Å². The first-order valence-electron chi connectivity index (χ1n) is 19.6. The van der Waals surface area contributed by atoms with Gasteiger partial charge in [0.15, 0.2) is 11.6 Å². The normalized spacial score (nSPS) is 12.6. The van der Waals surface area contributed by atoms with Crippen LogP contribution in [0, 0.1) is 6.07 Å². The van der Waals surface area contributed by atoms with Gasteiger partial charge in [0.05, 0.1) is 11.0 Å². The Hall–Kier alpha value is -6.85. The summed E-state index contributed by atoms with van der Waals surface area (Å²) in [6.45, 7) is 4.66. The van der Waals surface area contributed by atoms with Crippen molar-refractivity contribution in [3.8, 4) is 73.4 Å². The Morgan fingerprint density at radius 3 is 1.81 bits per heavy atom. The average molecular weight is 935 g/mol. The molecule has 6 heteroatoms. The third-order valence-electron chi connectivity index (χ3n) is 11.6. The second kappa shape index (κ2) is 14.5. The van der Waals surface area contributed by atoms with Crippen LogP contribution in [0.1, 0.15) is 25.0 Å². The van der Waals surface area contributed by atoms with Gasteiger partial charge in [0.25, 0.3) is 0 Å². The predicted molar refractivity (Wildman–Crippen MR) is 236 cm³/mol. The number of rotatable bonds is 6. The fourth-order valence-corrected chi connectivity index (χ4v) is 8.70. The molecular weight excluding hydrogens is 899 g/mol. The molecule has 5 nitrogen and oxygen atoms in total. The summed E-state index contributed by atoms with van der Waals surface area (Å²) in [5, 5.41) is 2.29. The first kappa shape index (κ1) is 36.5. The maximum absolute atomic E-state index is 5.23. The van der Waals surface area contributed by atoms with Crippen molar-refractivity contribution in [3.63, 3.8) is 0 Å². The zero-order valence-corrected chi connectivity index (χ0v) is 34.8. The predicted octanol–water partition coefficient (Wildman–Crippen LogP) is 12.8. The van der Waals surface area contributed by atoms with Gasteiger partial charge in [-0.15, -0.1) is 35.4 Å². The number of aromatic nitrogens is 5. The molecule has 0 saturated heterocycles. The van der Waals surface area contributed by atoms with Crippen LogP contribution < -0.4 is 0 Å². The molecule has 1 aliphatic rings. The minimum Gasteiger partial charge on any atom is -0.305 e. The van der Waals surface area contributed by atoms with Gasteiger partial charge in [0.1, 0.15) is 0 Å². The molecule has 3 aromatic heterocycles. The van der Waals surface area contributed by atoms with E-state index in [1.807, 2.05) is 66.9 Å². The SMILES string of the molecule is CC1(C)c2ccccc2-c2cc3c4cc(-c5cccc(-c6cc[c-]c(-c7ccccn7)c6)c5)ccc4n(-c4nc(-c5ccccc5)nc(-c5ccccc5)n4)c3cc21.[Ir]. The van der Waals surface area contributed by atoms with E-state index in [0.717, 1.165) is 66.4 Å².